The van der Waals surface area contributed by atoms with Gasteiger partial charge in [-0.3, -0.25) is 4.79 Å². The molecule has 23 heavy (non-hydrogen) atoms. The molecule has 1 aromatic rings. The van der Waals surface area contributed by atoms with Crippen molar-refractivity contribution in [1.82, 2.24) is 9.62 Å². The fraction of sp³-hybridized carbons (Fsp3) is 0.588. The topological polar surface area (TPSA) is 66.5 Å². The molecule has 1 N–H and O–H groups in total. The molecule has 0 fully saturated rings. The Bertz CT molecular complexity index is 590. The summed E-state index contributed by atoms with van der Waals surface area (Å²) < 4.78 is 25.1. The third-order valence-corrected chi connectivity index (χ3v) is 4.95. The Morgan fingerprint density at radius 1 is 1.09 bits per heavy atom. The summed E-state index contributed by atoms with van der Waals surface area (Å²) in [6, 6.07) is 9.30. The first-order chi connectivity index (χ1) is 10.6. The normalized spacial score (nSPS) is 12.4. The second kappa shape index (κ2) is 8.45. The molecule has 1 rings (SSSR count). The van der Waals surface area contributed by atoms with E-state index in [1.165, 1.54) is 4.31 Å². The van der Waals surface area contributed by atoms with E-state index in [0.29, 0.717) is 11.8 Å². The van der Waals surface area contributed by atoms with Crippen molar-refractivity contribution in [2.75, 3.05) is 12.8 Å². The third kappa shape index (κ3) is 6.71. The van der Waals surface area contributed by atoms with Crippen LogP contribution in [-0.4, -0.2) is 37.5 Å². The highest BCUT2D eigenvalue weighted by Crippen LogP contribution is 2.13. The fourth-order valence-corrected chi connectivity index (χ4v) is 3.31. The summed E-state index contributed by atoms with van der Waals surface area (Å²) in [4.78, 5) is 12.3. The van der Waals surface area contributed by atoms with Gasteiger partial charge < -0.3 is 5.32 Å². The quantitative estimate of drug-likeness (QED) is 0.789. The molecule has 0 heterocycles. The van der Waals surface area contributed by atoms with E-state index in [-0.39, 0.29) is 25.0 Å². The number of amides is 1. The number of nitrogens with one attached hydrogen (secondary N) is 1. The number of benzene rings is 1. The van der Waals surface area contributed by atoms with Crippen molar-refractivity contribution >= 4 is 15.9 Å². The molecule has 1 amide bonds. The smallest absolute Gasteiger partial charge is 0.235 e. The highest BCUT2D eigenvalue weighted by atomic mass is 32.2. The fourth-order valence-electron chi connectivity index (χ4n) is 2.57. The molecule has 6 heteroatoms. The lowest BCUT2D eigenvalue weighted by atomic mass is 9.93. The van der Waals surface area contributed by atoms with Gasteiger partial charge in [0, 0.05) is 12.6 Å². The lowest BCUT2D eigenvalue weighted by molar-refractivity contribution is -0.122. The molecule has 0 saturated carbocycles. The lowest BCUT2D eigenvalue weighted by Crippen LogP contribution is -2.47. The van der Waals surface area contributed by atoms with E-state index in [0.717, 1.165) is 11.8 Å². The van der Waals surface area contributed by atoms with Crippen LogP contribution < -0.4 is 5.32 Å². The van der Waals surface area contributed by atoms with E-state index in [2.05, 4.69) is 5.32 Å². The van der Waals surface area contributed by atoms with Gasteiger partial charge in [0.15, 0.2) is 0 Å². The zero-order valence-electron chi connectivity index (χ0n) is 14.6. The van der Waals surface area contributed by atoms with E-state index in [4.69, 9.17) is 0 Å². The number of carbonyl (C=O) groups is 1. The predicted octanol–water partition coefficient (Wildman–Crippen LogP) is 2.24. The Kier molecular flexibility index (Phi) is 7.22. The maximum atomic E-state index is 12.3. The number of sulfonamides is 1. The Balaban J connectivity index is 2.80. The summed E-state index contributed by atoms with van der Waals surface area (Å²) in [5, 5.41) is 2.96. The Morgan fingerprint density at radius 3 is 2.04 bits per heavy atom. The average Bonchev–Trinajstić information content (AvgIpc) is 2.43. The van der Waals surface area contributed by atoms with Crippen LogP contribution in [0.1, 0.15) is 33.3 Å². The monoisotopic (exact) mass is 340 g/mol. The van der Waals surface area contributed by atoms with E-state index >= 15 is 0 Å². The zero-order chi connectivity index (χ0) is 17.6. The van der Waals surface area contributed by atoms with Crippen molar-refractivity contribution < 1.29 is 13.2 Å². The minimum atomic E-state index is -3.46. The molecule has 0 unspecified atom stereocenters. The van der Waals surface area contributed by atoms with Gasteiger partial charge in [-0.2, -0.15) is 4.31 Å². The van der Waals surface area contributed by atoms with Crippen LogP contribution in [0, 0.1) is 11.8 Å². The number of hydrogen-bond donors (Lipinski definition) is 1. The molecule has 0 radical (unpaired) electrons. The minimum Gasteiger partial charge on any atom is -0.352 e. The molecule has 0 aliphatic carbocycles. The summed E-state index contributed by atoms with van der Waals surface area (Å²) in [7, 11) is -3.46. The van der Waals surface area contributed by atoms with Crippen LogP contribution in [0.2, 0.25) is 0 Å². The van der Waals surface area contributed by atoms with Gasteiger partial charge in [-0.15, -0.1) is 0 Å². The van der Waals surface area contributed by atoms with Crippen LogP contribution in [0.15, 0.2) is 30.3 Å². The second-order valence-electron chi connectivity index (χ2n) is 6.60. The standard InChI is InChI=1S/C17H28N2O3S/c1-13(2)17(14(3)4)18-16(20)12-19(23(5,21)22)11-15-9-7-6-8-10-15/h6-10,13-14,17H,11-12H2,1-5H3,(H,18,20). The number of nitrogens with zero attached hydrogens (tertiary/aromatic N) is 1. The lowest BCUT2D eigenvalue weighted by Gasteiger charge is -2.27. The van der Waals surface area contributed by atoms with Gasteiger partial charge in [0.1, 0.15) is 0 Å². The van der Waals surface area contributed by atoms with Gasteiger partial charge in [-0.05, 0) is 17.4 Å². The van der Waals surface area contributed by atoms with Gasteiger partial charge in [-0.1, -0.05) is 58.0 Å². The maximum Gasteiger partial charge on any atom is 0.235 e. The van der Waals surface area contributed by atoms with Gasteiger partial charge in [-0.25, -0.2) is 8.42 Å². The summed E-state index contributed by atoms with van der Waals surface area (Å²) in [5.41, 5.74) is 0.856. The van der Waals surface area contributed by atoms with Crippen molar-refractivity contribution in [3.63, 3.8) is 0 Å². The Hall–Kier alpha value is -1.40. The van der Waals surface area contributed by atoms with Gasteiger partial charge in [0.2, 0.25) is 15.9 Å². The SMILES string of the molecule is CC(C)C(NC(=O)CN(Cc1ccccc1)S(C)(=O)=O)C(C)C. The van der Waals surface area contributed by atoms with Crippen LogP contribution in [0.3, 0.4) is 0 Å². The van der Waals surface area contributed by atoms with Crippen LogP contribution in [0.4, 0.5) is 0 Å². The molecule has 0 atom stereocenters. The molecule has 0 aliphatic heterocycles. The van der Waals surface area contributed by atoms with Gasteiger partial charge in [0.05, 0.1) is 12.8 Å². The van der Waals surface area contributed by atoms with Gasteiger partial charge >= 0.3 is 0 Å². The van der Waals surface area contributed by atoms with E-state index in [1.54, 1.807) is 0 Å². The van der Waals surface area contributed by atoms with Crippen molar-refractivity contribution in [2.24, 2.45) is 11.8 Å². The molecule has 0 aliphatic rings. The Morgan fingerprint density at radius 2 is 1.61 bits per heavy atom. The summed E-state index contributed by atoms with van der Waals surface area (Å²) in [6.45, 7) is 8.21. The zero-order valence-corrected chi connectivity index (χ0v) is 15.4. The van der Waals surface area contributed by atoms with E-state index in [1.807, 2.05) is 58.0 Å². The van der Waals surface area contributed by atoms with Crippen LogP contribution in [-0.2, 0) is 21.4 Å². The van der Waals surface area contributed by atoms with E-state index < -0.39 is 10.0 Å². The third-order valence-electron chi connectivity index (χ3n) is 3.75. The van der Waals surface area contributed by atoms with Crippen molar-refractivity contribution in [3.8, 4) is 0 Å². The van der Waals surface area contributed by atoms with Crippen molar-refractivity contribution in [3.05, 3.63) is 35.9 Å². The summed E-state index contributed by atoms with van der Waals surface area (Å²) in [6.07, 6.45) is 1.13. The number of hydrogen-bond acceptors (Lipinski definition) is 3. The Labute approximate surface area is 140 Å². The molecular formula is C17H28N2O3S. The molecule has 130 valence electrons. The highest BCUT2D eigenvalue weighted by Gasteiger charge is 2.24. The largest absolute Gasteiger partial charge is 0.352 e. The second-order valence-corrected chi connectivity index (χ2v) is 8.58. The number of carbonyl (C=O) groups excluding carboxylic acids is 1. The molecule has 0 aromatic heterocycles. The first kappa shape index (κ1) is 19.6. The predicted molar refractivity (Wildman–Crippen MR) is 93.3 cm³/mol. The molecule has 5 nitrogen and oxygen atoms in total. The van der Waals surface area contributed by atoms with Crippen molar-refractivity contribution in [1.29, 1.82) is 0 Å². The molecule has 1 aromatic carbocycles. The molecule has 0 saturated heterocycles. The highest BCUT2D eigenvalue weighted by molar-refractivity contribution is 7.88. The summed E-state index contributed by atoms with van der Waals surface area (Å²) in [5.74, 6) is 0.318. The molecule has 0 bridgehead atoms. The first-order valence-electron chi connectivity index (χ1n) is 7.89. The summed E-state index contributed by atoms with van der Waals surface area (Å²) >= 11 is 0. The average molecular weight is 340 g/mol. The molecular weight excluding hydrogens is 312 g/mol. The van der Waals surface area contributed by atoms with Crippen molar-refractivity contribution in [2.45, 2.75) is 40.3 Å². The maximum absolute atomic E-state index is 12.3. The van der Waals surface area contributed by atoms with Crippen LogP contribution in [0.25, 0.3) is 0 Å². The van der Waals surface area contributed by atoms with Crippen LogP contribution in [0.5, 0.6) is 0 Å². The van der Waals surface area contributed by atoms with Gasteiger partial charge in [0.25, 0.3) is 0 Å². The van der Waals surface area contributed by atoms with Crippen LogP contribution >= 0.6 is 0 Å². The first-order valence-corrected chi connectivity index (χ1v) is 9.74. The minimum absolute atomic E-state index is 0.0284. The molecule has 0 spiro atoms. The van der Waals surface area contributed by atoms with E-state index in [9.17, 15) is 13.2 Å². The number of rotatable bonds is 8.